The molecule has 0 amide bonds. The van der Waals surface area contributed by atoms with Crippen LogP contribution in [0.15, 0.2) is 43.7 Å². The Balaban J connectivity index is 2.22. The molecule has 3 aromatic rings. The Kier molecular flexibility index (Phi) is 3.11. The molecule has 0 spiro atoms. The van der Waals surface area contributed by atoms with Gasteiger partial charge in [-0.3, -0.25) is 0 Å². The fourth-order valence-electron chi connectivity index (χ4n) is 1.83. The van der Waals surface area contributed by atoms with Gasteiger partial charge in [0.25, 0.3) is 0 Å². The van der Waals surface area contributed by atoms with Crippen molar-refractivity contribution in [3.8, 4) is 11.5 Å². The first-order valence-electron chi connectivity index (χ1n) is 5.67. The van der Waals surface area contributed by atoms with Crippen LogP contribution in [-0.2, 0) is 0 Å². The third kappa shape index (κ3) is 2.17. The maximum Gasteiger partial charge on any atom is 0.227 e. The van der Waals surface area contributed by atoms with Crippen LogP contribution in [0.25, 0.3) is 22.6 Å². The van der Waals surface area contributed by atoms with E-state index in [0.717, 1.165) is 20.0 Å². The maximum absolute atomic E-state index is 5.93. The minimum absolute atomic E-state index is 0.591. The Labute approximate surface area is 127 Å². The van der Waals surface area contributed by atoms with E-state index in [1.165, 1.54) is 5.56 Å². The molecule has 2 N–H and O–H groups in total. The van der Waals surface area contributed by atoms with Gasteiger partial charge in [-0.2, -0.15) is 0 Å². The monoisotopic (exact) mass is 380 g/mol. The fraction of sp³-hybridized carbons (Fsp3) is 0.0714. The van der Waals surface area contributed by atoms with Crippen LogP contribution in [-0.4, -0.2) is 4.98 Å². The Bertz CT molecular complexity index is 763. The molecule has 0 saturated carbocycles. The van der Waals surface area contributed by atoms with Gasteiger partial charge in [-0.15, -0.1) is 0 Å². The summed E-state index contributed by atoms with van der Waals surface area (Å²) >= 11 is 6.85. The third-order valence-electron chi connectivity index (χ3n) is 2.91. The van der Waals surface area contributed by atoms with Gasteiger partial charge in [0.05, 0.1) is 10.2 Å². The van der Waals surface area contributed by atoms with Crippen LogP contribution in [0, 0.1) is 6.92 Å². The number of oxazole rings is 1. The lowest BCUT2D eigenvalue weighted by Crippen LogP contribution is -1.88. The number of hydrogen-bond donors (Lipinski definition) is 1. The summed E-state index contributed by atoms with van der Waals surface area (Å²) in [6, 6.07) is 9.91. The minimum Gasteiger partial charge on any atom is -0.435 e. The zero-order valence-electron chi connectivity index (χ0n) is 10.1. The Morgan fingerprint density at radius 2 is 1.84 bits per heavy atom. The molecule has 2 aromatic carbocycles. The number of nitrogens with two attached hydrogens (primary N) is 1. The molecule has 0 atom stereocenters. The largest absolute Gasteiger partial charge is 0.435 e. The number of anilines is 1. The zero-order valence-corrected chi connectivity index (χ0v) is 13.2. The van der Waals surface area contributed by atoms with E-state index < -0.39 is 0 Å². The first-order valence-corrected chi connectivity index (χ1v) is 7.26. The van der Waals surface area contributed by atoms with Crippen molar-refractivity contribution in [2.75, 3.05) is 5.73 Å². The summed E-state index contributed by atoms with van der Waals surface area (Å²) in [5, 5.41) is 0. The van der Waals surface area contributed by atoms with E-state index in [1.54, 1.807) is 0 Å². The normalized spacial score (nSPS) is 11.1. The highest BCUT2D eigenvalue weighted by Gasteiger charge is 2.14. The molecule has 0 radical (unpaired) electrons. The SMILES string of the molecule is Cc1ccc(-c2nc3cc(Br)c(N)c(Br)c3o2)cc1. The van der Waals surface area contributed by atoms with Crippen molar-refractivity contribution >= 4 is 48.6 Å². The van der Waals surface area contributed by atoms with Gasteiger partial charge in [-0.25, -0.2) is 4.98 Å². The summed E-state index contributed by atoms with van der Waals surface area (Å²) in [7, 11) is 0. The molecule has 0 saturated heterocycles. The summed E-state index contributed by atoms with van der Waals surface area (Å²) in [5.41, 5.74) is 10.1. The highest BCUT2D eigenvalue weighted by Crippen LogP contribution is 2.37. The summed E-state index contributed by atoms with van der Waals surface area (Å²) in [4.78, 5) is 4.49. The van der Waals surface area contributed by atoms with Crippen LogP contribution in [0.1, 0.15) is 5.56 Å². The van der Waals surface area contributed by atoms with Crippen LogP contribution in [0.4, 0.5) is 5.69 Å². The van der Waals surface area contributed by atoms with E-state index in [-0.39, 0.29) is 0 Å². The molecule has 96 valence electrons. The van der Waals surface area contributed by atoms with Crippen molar-refractivity contribution < 1.29 is 4.42 Å². The Morgan fingerprint density at radius 1 is 1.16 bits per heavy atom. The van der Waals surface area contributed by atoms with Crippen molar-refractivity contribution in [3.63, 3.8) is 0 Å². The lowest BCUT2D eigenvalue weighted by molar-refractivity contribution is 0.618. The van der Waals surface area contributed by atoms with Crippen molar-refractivity contribution in [1.82, 2.24) is 4.98 Å². The molecule has 0 bridgehead atoms. The van der Waals surface area contributed by atoms with Gasteiger partial charge < -0.3 is 10.2 Å². The smallest absolute Gasteiger partial charge is 0.227 e. The highest BCUT2D eigenvalue weighted by atomic mass is 79.9. The summed E-state index contributed by atoms with van der Waals surface area (Å²) < 4.78 is 7.33. The zero-order chi connectivity index (χ0) is 13.6. The fourth-order valence-corrected chi connectivity index (χ4v) is 3.01. The highest BCUT2D eigenvalue weighted by molar-refractivity contribution is 9.11. The van der Waals surface area contributed by atoms with E-state index in [4.69, 9.17) is 10.2 Å². The summed E-state index contributed by atoms with van der Waals surface area (Å²) in [6.45, 7) is 2.05. The second kappa shape index (κ2) is 4.65. The van der Waals surface area contributed by atoms with Crippen molar-refractivity contribution in [1.29, 1.82) is 0 Å². The van der Waals surface area contributed by atoms with Crippen LogP contribution in [0.3, 0.4) is 0 Å². The molecule has 0 aliphatic rings. The van der Waals surface area contributed by atoms with Crippen LogP contribution >= 0.6 is 31.9 Å². The topological polar surface area (TPSA) is 52.0 Å². The number of halogens is 2. The van der Waals surface area contributed by atoms with Crippen molar-refractivity contribution in [3.05, 3.63) is 44.8 Å². The molecule has 3 rings (SSSR count). The molecule has 0 fully saturated rings. The molecule has 19 heavy (non-hydrogen) atoms. The number of aryl methyl sites for hydroxylation is 1. The van der Waals surface area contributed by atoms with Gasteiger partial charge >= 0.3 is 0 Å². The number of aromatic nitrogens is 1. The molecule has 0 aliphatic heterocycles. The first kappa shape index (κ1) is 12.7. The van der Waals surface area contributed by atoms with Gasteiger partial charge in [0, 0.05) is 10.0 Å². The molecule has 3 nitrogen and oxygen atoms in total. The van der Waals surface area contributed by atoms with Gasteiger partial charge in [-0.05, 0) is 57.0 Å². The molecule has 0 unspecified atom stereocenters. The Morgan fingerprint density at radius 3 is 2.53 bits per heavy atom. The van der Waals surface area contributed by atoms with Gasteiger partial charge in [-0.1, -0.05) is 17.7 Å². The average Bonchev–Trinajstić information content (AvgIpc) is 2.81. The number of nitrogens with zero attached hydrogens (tertiary/aromatic N) is 1. The predicted octanol–water partition coefficient (Wildman–Crippen LogP) is 4.91. The van der Waals surface area contributed by atoms with Crippen molar-refractivity contribution in [2.45, 2.75) is 6.92 Å². The molecular weight excluding hydrogens is 372 g/mol. The average molecular weight is 382 g/mol. The predicted molar refractivity (Wildman–Crippen MR) is 84.0 cm³/mol. The number of rotatable bonds is 1. The molecular formula is C14H10Br2N2O. The number of nitrogen functional groups attached to an aromatic ring is 1. The van der Waals surface area contributed by atoms with Gasteiger partial charge in [0.15, 0.2) is 5.58 Å². The second-order valence-corrected chi connectivity index (χ2v) is 5.97. The van der Waals surface area contributed by atoms with Gasteiger partial charge in [0.1, 0.15) is 5.52 Å². The van der Waals surface area contributed by atoms with Crippen LogP contribution in [0.5, 0.6) is 0 Å². The van der Waals surface area contributed by atoms with E-state index in [2.05, 4.69) is 36.8 Å². The van der Waals surface area contributed by atoms with Crippen LogP contribution < -0.4 is 5.73 Å². The molecule has 1 heterocycles. The molecule has 1 aromatic heterocycles. The number of fused-ring (bicyclic) bond motifs is 1. The molecule has 5 heteroatoms. The lowest BCUT2D eigenvalue weighted by Gasteiger charge is -2.00. The quantitative estimate of drug-likeness (QED) is 0.609. The number of benzene rings is 2. The first-order chi connectivity index (χ1) is 9.06. The Hall–Kier alpha value is -1.33. The van der Waals surface area contributed by atoms with E-state index in [0.29, 0.717) is 17.2 Å². The van der Waals surface area contributed by atoms with E-state index in [1.807, 2.05) is 37.3 Å². The number of hydrogen-bond acceptors (Lipinski definition) is 3. The minimum atomic E-state index is 0.591. The van der Waals surface area contributed by atoms with Crippen LogP contribution in [0.2, 0.25) is 0 Å². The summed E-state index contributed by atoms with van der Waals surface area (Å²) in [6.07, 6.45) is 0. The van der Waals surface area contributed by atoms with Gasteiger partial charge in [0.2, 0.25) is 5.89 Å². The lowest BCUT2D eigenvalue weighted by atomic mass is 10.1. The molecule has 0 aliphatic carbocycles. The third-order valence-corrected chi connectivity index (χ3v) is 4.35. The maximum atomic E-state index is 5.93. The summed E-state index contributed by atoms with van der Waals surface area (Å²) in [5.74, 6) is 0.591. The standard InChI is InChI=1S/C14H10Br2N2O/c1-7-2-4-8(5-3-7)14-18-10-6-9(15)12(17)11(16)13(10)19-14/h2-6H,17H2,1H3. The van der Waals surface area contributed by atoms with E-state index in [9.17, 15) is 0 Å². The van der Waals surface area contributed by atoms with Crippen molar-refractivity contribution in [2.24, 2.45) is 0 Å². The second-order valence-electron chi connectivity index (χ2n) is 4.32. The van der Waals surface area contributed by atoms with E-state index >= 15 is 0 Å².